The molecule has 0 spiro atoms. The van der Waals surface area contributed by atoms with Crippen molar-refractivity contribution in [3.8, 4) is 0 Å². The summed E-state index contributed by atoms with van der Waals surface area (Å²) in [6, 6.07) is 7.42. The number of fused-ring (bicyclic) bond motifs is 5. The molecule has 9 unspecified atom stereocenters. The highest BCUT2D eigenvalue weighted by molar-refractivity contribution is 7.92. The first kappa shape index (κ1) is 33.0. The van der Waals surface area contributed by atoms with E-state index in [1.165, 1.54) is 24.3 Å². The molecule has 4 aliphatic rings. The van der Waals surface area contributed by atoms with E-state index in [-0.39, 0.29) is 52.7 Å². The van der Waals surface area contributed by atoms with Crippen LogP contribution in [0.15, 0.2) is 35.2 Å². The van der Waals surface area contributed by atoms with Gasteiger partial charge in [0.1, 0.15) is 0 Å². The normalized spacial score (nSPS) is 39.8. The molecule has 0 amide bonds. The molecule has 0 radical (unpaired) electrons. The Morgan fingerprint density at radius 3 is 2.16 bits per heavy atom. The highest BCUT2D eigenvalue weighted by Gasteiger charge is 2.65. The summed E-state index contributed by atoms with van der Waals surface area (Å²) in [4.78, 5) is -0.0553. The summed E-state index contributed by atoms with van der Waals surface area (Å²) in [5, 5.41) is 18.9. The van der Waals surface area contributed by atoms with E-state index in [1.54, 1.807) is 6.07 Å². The van der Waals surface area contributed by atoms with Crippen molar-refractivity contribution in [3.63, 3.8) is 0 Å². The van der Waals surface area contributed by atoms with Crippen LogP contribution in [0.1, 0.15) is 90.9 Å². The number of halogens is 6. The van der Waals surface area contributed by atoms with Crippen molar-refractivity contribution in [2.45, 2.75) is 125 Å². The third-order valence-electron chi connectivity index (χ3n) is 12.7. The Hall–Kier alpha value is -1.33. The molecule has 0 saturated heterocycles. The summed E-state index contributed by atoms with van der Waals surface area (Å²) in [5.41, 5.74) is -3.03. The molecular formula is C32H44F6O4S. The van der Waals surface area contributed by atoms with Crippen LogP contribution in [0.4, 0.5) is 26.3 Å². The summed E-state index contributed by atoms with van der Waals surface area (Å²) in [5.74, 6) is 0.830. The van der Waals surface area contributed by atoms with Crippen LogP contribution in [0, 0.1) is 40.4 Å². The Balaban J connectivity index is 1.31. The van der Waals surface area contributed by atoms with Crippen molar-refractivity contribution in [2.75, 3.05) is 0 Å². The molecule has 4 nitrogen and oxygen atoms in total. The van der Waals surface area contributed by atoms with Gasteiger partial charge in [0, 0.05) is 0 Å². The average molecular weight is 639 g/mol. The number of benzene rings is 1. The predicted molar refractivity (Wildman–Crippen MR) is 150 cm³/mol. The van der Waals surface area contributed by atoms with Crippen LogP contribution < -0.4 is 0 Å². The summed E-state index contributed by atoms with van der Waals surface area (Å²) in [6.07, 6.45) is -8.07. The lowest BCUT2D eigenvalue weighted by Crippen LogP contribution is -2.59. The Morgan fingerprint density at radius 2 is 1.53 bits per heavy atom. The lowest BCUT2D eigenvalue weighted by molar-refractivity contribution is -0.290. The lowest BCUT2D eigenvalue weighted by atomic mass is 9.43. The Morgan fingerprint density at radius 1 is 0.884 bits per heavy atom. The Labute approximate surface area is 250 Å². The first-order valence-electron chi connectivity index (χ1n) is 15.7. The van der Waals surface area contributed by atoms with Crippen LogP contribution in [-0.4, -0.2) is 47.9 Å². The summed E-state index contributed by atoms with van der Waals surface area (Å²) in [6.45, 7) is 4.33. The van der Waals surface area contributed by atoms with Crippen molar-refractivity contribution in [2.24, 2.45) is 40.4 Å². The van der Waals surface area contributed by atoms with Gasteiger partial charge in [-0.3, -0.25) is 0 Å². The number of rotatable bonds is 7. The first-order valence-corrected chi connectivity index (χ1v) is 17.2. The number of alkyl halides is 6. The molecule has 0 aliphatic heterocycles. The Kier molecular flexibility index (Phi) is 8.59. The molecule has 10 atom stereocenters. The maximum Gasteiger partial charge on any atom is 0.417 e. The minimum atomic E-state index is -4.92. The second-order valence-electron chi connectivity index (χ2n) is 14.6. The number of hydrogen-bond acceptors (Lipinski definition) is 4. The van der Waals surface area contributed by atoms with E-state index in [0.717, 1.165) is 32.1 Å². The third-order valence-corrected chi connectivity index (χ3v) is 14.9. The largest absolute Gasteiger partial charge is 0.417 e. The first-order chi connectivity index (χ1) is 19.8. The van der Waals surface area contributed by atoms with Gasteiger partial charge in [-0.25, -0.2) is 8.42 Å². The minimum Gasteiger partial charge on any atom is -0.384 e. The van der Waals surface area contributed by atoms with Gasteiger partial charge < -0.3 is 10.2 Å². The zero-order valence-electron chi connectivity index (χ0n) is 24.8. The second kappa shape index (κ2) is 11.2. The molecule has 0 heterocycles. The highest BCUT2D eigenvalue weighted by Crippen LogP contribution is 2.69. The van der Waals surface area contributed by atoms with Crippen LogP contribution >= 0.6 is 0 Å². The molecule has 1 aromatic rings. The smallest absolute Gasteiger partial charge is 0.384 e. The molecule has 4 aliphatic carbocycles. The van der Waals surface area contributed by atoms with Crippen LogP contribution in [0.25, 0.3) is 0 Å². The molecule has 2 N–H and O–H groups in total. The fraction of sp³-hybridized carbons (Fsp3) is 0.812. The predicted octanol–water partition coefficient (Wildman–Crippen LogP) is 7.87. The molecule has 5 rings (SSSR count). The van der Waals surface area contributed by atoms with Crippen LogP contribution in [0.5, 0.6) is 0 Å². The number of hydrogen-bond donors (Lipinski definition) is 2. The van der Waals surface area contributed by atoms with E-state index in [2.05, 4.69) is 13.8 Å². The van der Waals surface area contributed by atoms with Gasteiger partial charge in [0.05, 0.1) is 10.1 Å². The van der Waals surface area contributed by atoms with Gasteiger partial charge in [-0.1, -0.05) is 32.0 Å². The van der Waals surface area contributed by atoms with E-state index >= 15 is 0 Å². The van der Waals surface area contributed by atoms with Gasteiger partial charge in [-0.05, 0) is 130 Å². The highest BCUT2D eigenvalue weighted by atomic mass is 32.2. The van der Waals surface area contributed by atoms with Gasteiger partial charge in [0.15, 0.2) is 21.5 Å². The summed E-state index contributed by atoms with van der Waals surface area (Å²) < 4.78 is 108. The van der Waals surface area contributed by atoms with Crippen molar-refractivity contribution in [1.82, 2.24) is 0 Å². The van der Waals surface area contributed by atoms with Crippen LogP contribution in [0.2, 0.25) is 0 Å². The number of aliphatic hydroxyl groups is 2. The van der Waals surface area contributed by atoms with Gasteiger partial charge in [0.2, 0.25) is 0 Å². The van der Waals surface area contributed by atoms with E-state index in [0.29, 0.717) is 31.1 Å². The fourth-order valence-electron chi connectivity index (χ4n) is 10.1. The zero-order valence-corrected chi connectivity index (χ0v) is 25.6. The van der Waals surface area contributed by atoms with Crippen LogP contribution in [-0.2, 0) is 9.84 Å². The fourth-order valence-corrected chi connectivity index (χ4v) is 11.9. The van der Waals surface area contributed by atoms with Crippen molar-refractivity contribution < 1.29 is 45.0 Å². The van der Waals surface area contributed by atoms with Gasteiger partial charge >= 0.3 is 12.4 Å². The molecule has 11 heteroatoms. The van der Waals surface area contributed by atoms with E-state index in [9.17, 15) is 45.0 Å². The monoisotopic (exact) mass is 638 g/mol. The van der Waals surface area contributed by atoms with Crippen molar-refractivity contribution >= 4 is 9.84 Å². The number of sulfone groups is 1. The lowest BCUT2D eigenvalue weighted by Gasteiger charge is -2.62. The molecule has 1 aromatic carbocycles. The van der Waals surface area contributed by atoms with E-state index < -0.39 is 45.6 Å². The summed E-state index contributed by atoms with van der Waals surface area (Å²) in [7, 11) is -4.12. The molecule has 0 bridgehead atoms. The topological polar surface area (TPSA) is 74.6 Å². The average Bonchev–Trinajstić information content (AvgIpc) is 3.26. The zero-order chi connectivity index (χ0) is 31.6. The molecule has 4 fully saturated rings. The van der Waals surface area contributed by atoms with Gasteiger partial charge in [-0.2, -0.15) is 26.3 Å². The molecule has 244 valence electrons. The van der Waals surface area contributed by atoms with Crippen molar-refractivity contribution in [1.29, 1.82) is 0 Å². The summed E-state index contributed by atoms with van der Waals surface area (Å²) >= 11 is 0. The molecule has 0 aromatic heterocycles. The molecular weight excluding hydrogens is 594 g/mol. The minimum absolute atomic E-state index is 0.0151. The quantitative estimate of drug-likeness (QED) is 0.298. The Bertz CT molecular complexity index is 1250. The van der Waals surface area contributed by atoms with Gasteiger partial charge in [-0.15, -0.1) is 0 Å². The second-order valence-corrected chi connectivity index (χ2v) is 16.8. The molecule has 4 saturated carbocycles. The van der Waals surface area contributed by atoms with Gasteiger partial charge in [0.25, 0.3) is 0 Å². The maximum absolute atomic E-state index is 13.7. The standard InChI is InChI=1S/C32H44F6O4S/c1-28-15-14-26-24(12-9-21-19-30(40,32(36,37)38)17-16-29(21,26)2)25(28)13-10-20(28)8-11-23(18-27(39)31(33,34)35)43(41,42)22-6-4-3-5-7-22/h3-7,20-21,23-27,39-40H,8-19H2,1-2H3/t20?,21?,23?,24?,25?,26?,27-,28?,29?,30?/m0/s1. The third kappa shape index (κ3) is 5.77. The number of aliphatic hydroxyl groups excluding tert-OH is 1. The van der Waals surface area contributed by atoms with E-state index in [1.807, 2.05) is 0 Å². The SMILES string of the molecule is CC12CCC3C(CCC4CC(O)(C(F)(F)F)CCC43C)C1CCC2CCC(C[C@H](O)C(F)(F)F)S(=O)(=O)c1ccccc1. The van der Waals surface area contributed by atoms with Crippen molar-refractivity contribution in [3.05, 3.63) is 30.3 Å². The molecule has 43 heavy (non-hydrogen) atoms. The maximum atomic E-state index is 13.7. The van der Waals surface area contributed by atoms with Crippen LogP contribution in [0.3, 0.4) is 0 Å². The van der Waals surface area contributed by atoms with E-state index in [4.69, 9.17) is 0 Å².